The van der Waals surface area contributed by atoms with Crippen LogP contribution >= 0.6 is 11.6 Å². The van der Waals surface area contributed by atoms with Crippen LogP contribution in [0.1, 0.15) is 32.3 Å². The van der Waals surface area contributed by atoms with Gasteiger partial charge in [-0.05, 0) is 31.0 Å². The lowest BCUT2D eigenvalue weighted by atomic mass is 10.1. The van der Waals surface area contributed by atoms with Crippen molar-refractivity contribution in [1.29, 1.82) is 5.26 Å². The molecular weight excluding hydrogens is 260 g/mol. The number of nitriles is 1. The maximum absolute atomic E-state index is 8.89. The van der Waals surface area contributed by atoms with Crippen LogP contribution in [0.25, 0.3) is 0 Å². The standard InChI is InChI=1S/C15H21ClN2O/c1-4-13(5-2)18(8-9-19-3)15-7-6-12(11-17)10-14(15)16/h6-7,10,13H,4-5,8-9H2,1-3H3. The Hall–Kier alpha value is -1.24. The zero-order valence-corrected chi connectivity index (χ0v) is 12.6. The Morgan fingerprint density at radius 1 is 1.37 bits per heavy atom. The summed E-state index contributed by atoms with van der Waals surface area (Å²) in [5.74, 6) is 0. The van der Waals surface area contributed by atoms with Gasteiger partial charge in [0.1, 0.15) is 0 Å². The lowest BCUT2D eigenvalue weighted by Gasteiger charge is -2.33. The molecule has 0 aliphatic carbocycles. The predicted molar refractivity (Wildman–Crippen MR) is 79.8 cm³/mol. The van der Waals surface area contributed by atoms with Gasteiger partial charge in [-0.15, -0.1) is 0 Å². The van der Waals surface area contributed by atoms with Crippen molar-refractivity contribution in [3.8, 4) is 6.07 Å². The lowest BCUT2D eigenvalue weighted by molar-refractivity contribution is 0.202. The largest absolute Gasteiger partial charge is 0.383 e. The van der Waals surface area contributed by atoms with Crippen LogP contribution in [0.2, 0.25) is 5.02 Å². The molecule has 0 unspecified atom stereocenters. The first kappa shape index (κ1) is 15.8. The molecule has 0 atom stereocenters. The topological polar surface area (TPSA) is 36.3 Å². The van der Waals surface area contributed by atoms with Crippen molar-refractivity contribution in [1.82, 2.24) is 0 Å². The van der Waals surface area contributed by atoms with E-state index < -0.39 is 0 Å². The highest BCUT2D eigenvalue weighted by atomic mass is 35.5. The van der Waals surface area contributed by atoms with Crippen molar-refractivity contribution in [2.24, 2.45) is 0 Å². The first-order valence-electron chi connectivity index (χ1n) is 6.63. The van der Waals surface area contributed by atoms with Gasteiger partial charge in [0.2, 0.25) is 0 Å². The van der Waals surface area contributed by atoms with Gasteiger partial charge in [-0.25, -0.2) is 0 Å². The molecule has 0 aliphatic rings. The van der Waals surface area contributed by atoms with Gasteiger partial charge in [0.05, 0.1) is 28.9 Å². The van der Waals surface area contributed by atoms with E-state index in [9.17, 15) is 0 Å². The summed E-state index contributed by atoms with van der Waals surface area (Å²) in [7, 11) is 1.70. The Morgan fingerprint density at radius 2 is 2.05 bits per heavy atom. The fourth-order valence-electron chi connectivity index (χ4n) is 2.23. The van der Waals surface area contributed by atoms with Gasteiger partial charge < -0.3 is 9.64 Å². The van der Waals surface area contributed by atoms with Gasteiger partial charge in [0.15, 0.2) is 0 Å². The molecule has 0 bridgehead atoms. The highest BCUT2D eigenvalue weighted by Crippen LogP contribution is 2.29. The van der Waals surface area contributed by atoms with Crippen LogP contribution < -0.4 is 4.90 Å². The maximum Gasteiger partial charge on any atom is 0.0992 e. The number of hydrogen-bond acceptors (Lipinski definition) is 3. The minimum atomic E-state index is 0.431. The van der Waals surface area contributed by atoms with Gasteiger partial charge in [0.25, 0.3) is 0 Å². The Bertz CT molecular complexity index is 438. The normalized spacial score (nSPS) is 10.5. The summed E-state index contributed by atoms with van der Waals surface area (Å²) in [6.07, 6.45) is 2.10. The van der Waals surface area contributed by atoms with Crippen LogP contribution in [0.3, 0.4) is 0 Å². The number of methoxy groups -OCH3 is 1. The summed E-state index contributed by atoms with van der Waals surface area (Å²) in [5.41, 5.74) is 1.57. The minimum absolute atomic E-state index is 0.431. The van der Waals surface area contributed by atoms with Gasteiger partial charge in [-0.2, -0.15) is 5.26 Å². The molecule has 0 heterocycles. The Morgan fingerprint density at radius 3 is 2.53 bits per heavy atom. The molecular formula is C15H21ClN2O. The fourth-order valence-corrected chi connectivity index (χ4v) is 2.52. The van der Waals surface area contributed by atoms with Crippen LogP contribution in [-0.4, -0.2) is 26.3 Å². The van der Waals surface area contributed by atoms with E-state index in [-0.39, 0.29) is 0 Å². The number of halogens is 1. The second-order valence-electron chi connectivity index (χ2n) is 4.43. The molecule has 19 heavy (non-hydrogen) atoms. The van der Waals surface area contributed by atoms with Crippen molar-refractivity contribution in [2.75, 3.05) is 25.2 Å². The van der Waals surface area contributed by atoms with Crippen LogP contribution in [0.4, 0.5) is 5.69 Å². The zero-order valence-electron chi connectivity index (χ0n) is 11.8. The summed E-state index contributed by atoms with van der Waals surface area (Å²) in [4.78, 5) is 2.27. The molecule has 0 saturated carbocycles. The van der Waals surface area contributed by atoms with Crippen LogP contribution in [-0.2, 0) is 4.74 Å². The maximum atomic E-state index is 8.89. The molecule has 0 fully saturated rings. The number of hydrogen-bond donors (Lipinski definition) is 0. The van der Waals surface area contributed by atoms with Gasteiger partial charge in [0, 0.05) is 19.7 Å². The first-order chi connectivity index (χ1) is 9.17. The summed E-state index contributed by atoms with van der Waals surface area (Å²) in [6.45, 7) is 5.80. The van der Waals surface area contributed by atoms with E-state index in [2.05, 4.69) is 24.8 Å². The van der Waals surface area contributed by atoms with E-state index in [4.69, 9.17) is 21.6 Å². The Balaban J connectivity index is 3.06. The molecule has 0 spiro atoms. The molecule has 4 heteroatoms. The zero-order chi connectivity index (χ0) is 14.3. The molecule has 0 amide bonds. The summed E-state index contributed by atoms with van der Waals surface area (Å²) < 4.78 is 5.18. The summed E-state index contributed by atoms with van der Waals surface area (Å²) >= 11 is 6.31. The van der Waals surface area contributed by atoms with Crippen molar-refractivity contribution < 1.29 is 4.74 Å². The van der Waals surface area contributed by atoms with Crippen molar-refractivity contribution in [3.63, 3.8) is 0 Å². The van der Waals surface area contributed by atoms with Crippen molar-refractivity contribution in [3.05, 3.63) is 28.8 Å². The predicted octanol–water partition coefficient (Wildman–Crippen LogP) is 3.85. The molecule has 1 aromatic carbocycles. The molecule has 104 valence electrons. The smallest absolute Gasteiger partial charge is 0.0992 e. The highest BCUT2D eigenvalue weighted by Gasteiger charge is 2.18. The highest BCUT2D eigenvalue weighted by molar-refractivity contribution is 6.33. The quantitative estimate of drug-likeness (QED) is 0.761. The van der Waals surface area contributed by atoms with Crippen molar-refractivity contribution in [2.45, 2.75) is 32.7 Å². The van der Waals surface area contributed by atoms with Gasteiger partial charge in [-0.3, -0.25) is 0 Å². The second kappa shape index (κ2) is 8.04. The SMILES string of the molecule is CCC(CC)N(CCOC)c1ccc(C#N)cc1Cl. The van der Waals surface area contributed by atoms with E-state index in [0.717, 1.165) is 25.1 Å². The van der Waals surface area contributed by atoms with E-state index in [1.54, 1.807) is 13.2 Å². The third-order valence-corrected chi connectivity index (χ3v) is 3.61. The third kappa shape index (κ3) is 4.12. The molecule has 1 rings (SSSR count). The number of benzene rings is 1. The van der Waals surface area contributed by atoms with Gasteiger partial charge >= 0.3 is 0 Å². The van der Waals surface area contributed by atoms with E-state index >= 15 is 0 Å². The molecule has 3 nitrogen and oxygen atoms in total. The molecule has 0 aliphatic heterocycles. The van der Waals surface area contributed by atoms with E-state index in [1.807, 2.05) is 12.1 Å². The van der Waals surface area contributed by atoms with Crippen LogP contribution in [0.5, 0.6) is 0 Å². The lowest BCUT2D eigenvalue weighted by Crippen LogP contribution is -2.37. The van der Waals surface area contributed by atoms with Gasteiger partial charge in [-0.1, -0.05) is 25.4 Å². The second-order valence-corrected chi connectivity index (χ2v) is 4.84. The summed E-state index contributed by atoms with van der Waals surface area (Å²) in [5, 5.41) is 9.52. The number of anilines is 1. The number of rotatable bonds is 7. The minimum Gasteiger partial charge on any atom is -0.383 e. The van der Waals surface area contributed by atoms with Crippen molar-refractivity contribution >= 4 is 17.3 Å². The molecule has 0 saturated heterocycles. The third-order valence-electron chi connectivity index (χ3n) is 3.31. The Labute approximate surface area is 120 Å². The van der Waals surface area contributed by atoms with Crippen LogP contribution in [0.15, 0.2) is 18.2 Å². The van der Waals surface area contributed by atoms with E-state index in [0.29, 0.717) is 23.2 Å². The van der Waals surface area contributed by atoms with Crippen LogP contribution in [0, 0.1) is 11.3 Å². The number of nitrogens with zero attached hydrogens (tertiary/aromatic N) is 2. The Kier molecular flexibility index (Phi) is 6.69. The fraction of sp³-hybridized carbons (Fsp3) is 0.533. The molecule has 0 N–H and O–H groups in total. The average Bonchev–Trinajstić information content (AvgIpc) is 2.44. The molecule has 0 aromatic heterocycles. The monoisotopic (exact) mass is 280 g/mol. The first-order valence-corrected chi connectivity index (χ1v) is 7.00. The number of ether oxygens (including phenoxy) is 1. The summed E-state index contributed by atoms with van der Waals surface area (Å²) in [6, 6.07) is 7.99. The average molecular weight is 281 g/mol. The molecule has 0 radical (unpaired) electrons. The molecule has 1 aromatic rings. The van der Waals surface area contributed by atoms with E-state index in [1.165, 1.54) is 0 Å².